The van der Waals surface area contributed by atoms with Gasteiger partial charge in [0.15, 0.2) is 0 Å². The SMILES string of the molecule is CCCC(=O)NCCNC(=O)CC1CCCCC1. The number of nitrogens with one attached hydrogen (secondary N) is 2. The molecule has 1 fully saturated rings. The average molecular weight is 254 g/mol. The van der Waals surface area contributed by atoms with Gasteiger partial charge in [-0.3, -0.25) is 9.59 Å². The molecule has 0 spiro atoms. The van der Waals surface area contributed by atoms with E-state index in [1.807, 2.05) is 6.92 Å². The number of hydrogen-bond acceptors (Lipinski definition) is 2. The van der Waals surface area contributed by atoms with Crippen LogP contribution in [0.15, 0.2) is 0 Å². The van der Waals surface area contributed by atoms with Crippen molar-refractivity contribution in [1.82, 2.24) is 10.6 Å². The van der Waals surface area contributed by atoms with Crippen molar-refractivity contribution >= 4 is 11.8 Å². The van der Waals surface area contributed by atoms with Crippen molar-refractivity contribution in [2.75, 3.05) is 13.1 Å². The molecule has 4 heteroatoms. The molecule has 104 valence electrons. The van der Waals surface area contributed by atoms with E-state index >= 15 is 0 Å². The molecule has 4 nitrogen and oxygen atoms in total. The second-order valence-electron chi connectivity index (χ2n) is 5.16. The van der Waals surface area contributed by atoms with Gasteiger partial charge in [-0.2, -0.15) is 0 Å². The first kappa shape index (κ1) is 15.0. The highest BCUT2D eigenvalue weighted by Crippen LogP contribution is 2.25. The van der Waals surface area contributed by atoms with E-state index in [0.29, 0.717) is 31.8 Å². The monoisotopic (exact) mass is 254 g/mol. The lowest BCUT2D eigenvalue weighted by Crippen LogP contribution is -2.35. The van der Waals surface area contributed by atoms with Crippen LogP contribution in [0.1, 0.15) is 58.3 Å². The molecule has 0 unspecified atom stereocenters. The number of amides is 2. The lowest BCUT2D eigenvalue weighted by atomic mass is 9.87. The van der Waals surface area contributed by atoms with Gasteiger partial charge in [0.2, 0.25) is 11.8 Å². The maximum atomic E-state index is 11.7. The topological polar surface area (TPSA) is 58.2 Å². The normalized spacial score (nSPS) is 16.3. The van der Waals surface area contributed by atoms with E-state index in [0.717, 1.165) is 6.42 Å². The zero-order chi connectivity index (χ0) is 13.2. The molecule has 0 radical (unpaired) electrons. The fourth-order valence-corrected chi connectivity index (χ4v) is 2.44. The molecule has 0 atom stereocenters. The van der Waals surface area contributed by atoms with Gasteiger partial charge in [0, 0.05) is 25.9 Å². The number of carbonyl (C=O) groups excluding carboxylic acids is 2. The first-order chi connectivity index (χ1) is 8.72. The van der Waals surface area contributed by atoms with Crippen molar-refractivity contribution in [3.63, 3.8) is 0 Å². The molecule has 1 aliphatic rings. The molecule has 0 bridgehead atoms. The van der Waals surface area contributed by atoms with E-state index in [2.05, 4.69) is 10.6 Å². The Labute approximate surface area is 110 Å². The van der Waals surface area contributed by atoms with E-state index in [-0.39, 0.29) is 11.8 Å². The van der Waals surface area contributed by atoms with Gasteiger partial charge in [0.1, 0.15) is 0 Å². The van der Waals surface area contributed by atoms with Gasteiger partial charge in [-0.25, -0.2) is 0 Å². The third-order valence-corrected chi connectivity index (χ3v) is 3.45. The highest BCUT2D eigenvalue weighted by Gasteiger charge is 2.16. The van der Waals surface area contributed by atoms with Crippen LogP contribution in [0.2, 0.25) is 0 Å². The summed E-state index contributed by atoms with van der Waals surface area (Å²) in [7, 11) is 0. The van der Waals surface area contributed by atoms with Crippen LogP contribution in [0.5, 0.6) is 0 Å². The lowest BCUT2D eigenvalue weighted by Gasteiger charge is -2.20. The molecule has 0 aromatic carbocycles. The largest absolute Gasteiger partial charge is 0.354 e. The Morgan fingerprint density at radius 1 is 1.00 bits per heavy atom. The van der Waals surface area contributed by atoms with Crippen LogP contribution in [0.25, 0.3) is 0 Å². The summed E-state index contributed by atoms with van der Waals surface area (Å²) in [5.41, 5.74) is 0. The van der Waals surface area contributed by atoms with Crippen LogP contribution in [0.4, 0.5) is 0 Å². The molecule has 1 saturated carbocycles. The molecule has 0 aromatic heterocycles. The van der Waals surface area contributed by atoms with E-state index in [9.17, 15) is 9.59 Å². The predicted molar refractivity (Wildman–Crippen MR) is 72.1 cm³/mol. The summed E-state index contributed by atoms with van der Waals surface area (Å²) in [5, 5.41) is 5.66. The number of carbonyl (C=O) groups is 2. The van der Waals surface area contributed by atoms with E-state index in [1.54, 1.807) is 0 Å². The Hall–Kier alpha value is -1.06. The molecule has 0 heterocycles. The predicted octanol–water partition coefficient (Wildman–Crippen LogP) is 1.99. The van der Waals surface area contributed by atoms with Crippen molar-refractivity contribution in [3.05, 3.63) is 0 Å². The van der Waals surface area contributed by atoms with Gasteiger partial charge in [-0.15, -0.1) is 0 Å². The molecule has 0 aromatic rings. The van der Waals surface area contributed by atoms with Crippen LogP contribution < -0.4 is 10.6 Å². The summed E-state index contributed by atoms with van der Waals surface area (Å²) < 4.78 is 0. The Morgan fingerprint density at radius 2 is 1.61 bits per heavy atom. The van der Waals surface area contributed by atoms with Crippen LogP contribution >= 0.6 is 0 Å². The molecule has 0 saturated heterocycles. The molecule has 1 rings (SSSR count). The summed E-state index contributed by atoms with van der Waals surface area (Å²) in [6, 6.07) is 0. The molecule has 1 aliphatic carbocycles. The second-order valence-corrected chi connectivity index (χ2v) is 5.16. The van der Waals surface area contributed by atoms with Gasteiger partial charge in [0.25, 0.3) is 0 Å². The van der Waals surface area contributed by atoms with Gasteiger partial charge < -0.3 is 10.6 Å². The second kappa shape index (κ2) is 8.95. The number of hydrogen-bond donors (Lipinski definition) is 2. The molecular weight excluding hydrogens is 228 g/mol. The van der Waals surface area contributed by atoms with Crippen LogP contribution in [0.3, 0.4) is 0 Å². The third-order valence-electron chi connectivity index (χ3n) is 3.45. The standard InChI is InChI=1S/C14H26N2O2/c1-2-6-13(17)15-9-10-16-14(18)11-12-7-4-3-5-8-12/h12H,2-11H2,1H3,(H,15,17)(H,16,18). The minimum absolute atomic E-state index is 0.0685. The summed E-state index contributed by atoms with van der Waals surface area (Å²) >= 11 is 0. The summed E-state index contributed by atoms with van der Waals surface area (Å²) in [4.78, 5) is 22.8. The highest BCUT2D eigenvalue weighted by atomic mass is 16.2. The fraction of sp³-hybridized carbons (Fsp3) is 0.857. The highest BCUT2D eigenvalue weighted by molar-refractivity contribution is 5.77. The smallest absolute Gasteiger partial charge is 0.220 e. The quantitative estimate of drug-likeness (QED) is 0.683. The van der Waals surface area contributed by atoms with Crippen LogP contribution in [-0.4, -0.2) is 24.9 Å². The molecule has 2 amide bonds. The maximum Gasteiger partial charge on any atom is 0.220 e. The molecule has 18 heavy (non-hydrogen) atoms. The van der Waals surface area contributed by atoms with E-state index in [1.165, 1.54) is 32.1 Å². The van der Waals surface area contributed by atoms with Crippen LogP contribution in [-0.2, 0) is 9.59 Å². The van der Waals surface area contributed by atoms with E-state index in [4.69, 9.17) is 0 Å². The Balaban J connectivity index is 2.01. The molecule has 2 N–H and O–H groups in total. The van der Waals surface area contributed by atoms with Crippen molar-refractivity contribution in [1.29, 1.82) is 0 Å². The van der Waals surface area contributed by atoms with Gasteiger partial charge in [-0.1, -0.05) is 26.2 Å². The first-order valence-corrected chi connectivity index (χ1v) is 7.25. The van der Waals surface area contributed by atoms with Crippen LogP contribution in [0, 0.1) is 5.92 Å². The van der Waals surface area contributed by atoms with Crippen molar-refractivity contribution < 1.29 is 9.59 Å². The maximum absolute atomic E-state index is 11.7. The van der Waals surface area contributed by atoms with Crippen molar-refractivity contribution in [2.24, 2.45) is 5.92 Å². The van der Waals surface area contributed by atoms with Gasteiger partial charge >= 0.3 is 0 Å². The first-order valence-electron chi connectivity index (χ1n) is 7.25. The lowest BCUT2D eigenvalue weighted by molar-refractivity contribution is -0.123. The molecule has 0 aliphatic heterocycles. The van der Waals surface area contributed by atoms with E-state index < -0.39 is 0 Å². The minimum Gasteiger partial charge on any atom is -0.354 e. The number of rotatable bonds is 7. The van der Waals surface area contributed by atoms with Gasteiger partial charge in [0.05, 0.1) is 0 Å². The Kier molecular flexibility index (Phi) is 7.46. The summed E-state index contributed by atoms with van der Waals surface area (Å²) in [6.07, 6.45) is 8.33. The molecular formula is C14H26N2O2. The summed E-state index contributed by atoms with van der Waals surface area (Å²) in [5.74, 6) is 0.777. The Bertz CT molecular complexity index is 261. The summed E-state index contributed by atoms with van der Waals surface area (Å²) in [6.45, 7) is 3.06. The Morgan fingerprint density at radius 3 is 2.22 bits per heavy atom. The van der Waals surface area contributed by atoms with Gasteiger partial charge in [-0.05, 0) is 25.2 Å². The zero-order valence-electron chi connectivity index (χ0n) is 11.5. The van der Waals surface area contributed by atoms with Crippen molar-refractivity contribution in [2.45, 2.75) is 58.3 Å². The average Bonchev–Trinajstić information content (AvgIpc) is 2.36. The fourth-order valence-electron chi connectivity index (χ4n) is 2.44. The van der Waals surface area contributed by atoms with Crippen molar-refractivity contribution in [3.8, 4) is 0 Å². The minimum atomic E-state index is 0.0685. The zero-order valence-corrected chi connectivity index (χ0v) is 11.5. The third kappa shape index (κ3) is 6.62.